The highest BCUT2D eigenvalue weighted by atomic mass is 79.9. The molecule has 0 aliphatic heterocycles. The van der Waals surface area contributed by atoms with Gasteiger partial charge in [-0.05, 0) is 43.5 Å². The zero-order valence-electron chi connectivity index (χ0n) is 16.7. The molecule has 0 saturated heterocycles. The topological polar surface area (TPSA) is 36.3 Å². The maximum atomic E-state index is 9.17. The maximum Gasteiger partial charge on any atom is 0.192 e. The van der Waals surface area contributed by atoms with Gasteiger partial charge >= 0.3 is 0 Å². The van der Waals surface area contributed by atoms with E-state index in [2.05, 4.69) is 87.2 Å². The summed E-state index contributed by atoms with van der Waals surface area (Å²) < 4.78 is 6.73. The van der Waals surface area contributed by atoms with Crippen LogP contribution in [0.3, 0.4) is 0 Å². The van der Waals surface area contributed by atoms with Gasteiger partial charge in [0.25, 0.3) is 0 Å². The predicted octanol–water partition coefficient (Wildman–Crippen LogP) is 6.09. The van der Waals surface area contributed by atoms with E-state index in [1.807, 2.05) is 13.1 Å². The molecule has 0 heterocycles. The Balaban J connectivity index is 2.93. The summed E-state index contributed by atoms with van der Waals surface area (Å²) in [5, 5.41) is 9.35. The van der Waals surface area contributed by atoms with Crippen LogP contribution in [0.1, 0.15) is 50.9 Å². The van der Waals surface area contributed by atoms with Crippen LogP contribution in [-0.2, 0) is 4.43 Å². The molecule has 25 heavy (non-hydrogen) atoms. The number of nitriles is 1. The first-order valence-corrected chi connectivity index (χ1v) is 12.8. The van der Waals surface area contributed by atoms with Crippen molar-refractivity contribution in [3.05, 3.63) is 35.9 Å². The van der Waals surface area contributed by atoms with Crippen molar-refractivity contribution in [2.75, 3.05) is 7.05 Å². The summed E-state index contributed by atoms with van der Waals surface area (Å²) in [6.07, 6.45) is 4.10. The van der Waals surface area contributed by atoms with Gasteiger partial charge in [-0.3, -0.25) is 0 Å². The van der Waals surface area contributed by atoms with Crippen molar-refractivity contribution in [2.45, 2.75) is 75.6 Å². The highest BCUT2D eigenvalue weighted by Crippen LogP contribution is 2.40. The van der Waals surface area contributed by atoms with Crippen molar-refractivity contribution in [2.24, 2.45) is 0 Å². The van der Waals surface area contributed by atoms with Gasteiger partial charge in [-0.25, -0.2) is 0 Å². The smallest absolute Gasteiger partial charge is 0.192 e. The lowest BCUT2D eigenvalue weighted by atomic mass is 10.0. The molecule has 0 radical (unpaired) electrons. The molecule has 0 fully saturated rings. The second-order valence-electron chi connectivity index (χ2n) is 8.41. The van der Waals surface area contributed by atoms with Gasteiger partial charge in [-0.15, -0.1) is 0 Å². The van der Waals surface area contributed by atoms with Crippen LogP contribution in [-0.4, -0.2) is 32.4 Å². The second-order valence-corrected chi connectivity index (χ2v) is 14.3. The van der Waals surface area contributed by atoms with Gasteiger partial charge in [0, 0.05) is 24.0 Å². The van der Waals surface area contributed by atoms with E-state index in [0.717, 1.165) is 12.8 Å². The van der Waals surface area contributed by atoms with Crippen molar-refractivity contribution in [1.29, 1.82) is 5.26 Å². The van der Waals surface area contributed by atoms with E-state index in [4.69, 9.17) is 4.43 Å². The lowest BCUT2D eigenvalue weighted by Crippen LogP contribution is -2.45. The van der Waals surface area contributed by atoms with Crippen molar-refractivity contribution >= 4 is 24.2 Å². The predicted molar refractivity (Wildman–Crippen MR) is 112 cm³/mol. The van der Waals surface area contributed by atoms with E-state index >= 15 is 0 Å². The molecule has 0 bridgehead atoms. The fourth-order valence-electron chi connectivity index (χ4n) is 2.45. The summed E-state index contributed by atoms with van der Waals surface area (Å²) in [4.78, 5) is 1.97. The van der Waals surface area contributed by atoms with Crippen molar-refractivity contribution in [1.82, 2.24) is 4.90 Å². The molecule has 0 aliphatic carbocycles. The quantitative estimate of drug-likeness (QED) is 0.219. The van der Waals surface area contributed by atoms with Gasteiger partial charge in [-0.1, -0.05) is 67.0 Å². The van der Waals surface area contributed by atoms with Gasteiger partial charge in [0.05, 0.1) is 0 Å². The Morgan fingerprint density at radius 1 is 1.20 bits per heavy atom. The molecular formula is C20H33BrN2OSi. The molecule has 3 atom stereocenters. The van der Waals surface area contributed by atoms with E-state index in [-0.39, 0.29) is 22.0 Å². The lowest BCUT2D eigenvalue weighted by molar-refractivity contribution is 0.134. The number of hydrogen-bond donors (Lipinski definition) is 0. The number of alkyl halides is 1. The average molecular weight is 425 g/mol. The van der Waals surface area contributed by atoms with Gasteiger partial charge in [0.1, 0.15) is 0 Å². The molecule has 0 N–H and O–H groups in total. The minimum atomic E-state index is -1.87. The van der Waals surface area contributed by atoms with Crippen molar-refractivity contribution in [3.8, 4) is 6.19 Å². The number of halogens is 1. The van der Waals surface area contributed by atoms with E-state index in [1.54, 1.807) is 4.90 Å². The third-order valence-corrected chi connectivity index (χ3v) is 10.8. The van der Waals surface area contributed by atoms with Gasteiger partial charge in [0.15, 0.2) is 14.5 Å². The van der Waals surface area contributed by atoms with Crippen molar-refractivity contribution < 1.29 is 4.43 Å². The monoisotopic (exact) mass is 424 g/mol. The molecule has 140 valence electrons. The Morgan fingerprint density at radius 2 is 1.76 bits per heavy atom. The first-order valence-electron chi connectivity index (χ1n) is 8.97. The summed E-state index contributed by atoms with van der Waals surface area (Å²) in [6.45, 7) is 13.5. The van der Waals surface area contributed by atoms with Crippen LogP contribution in [0.15, 0.2) is 30.3 Å². The molecule has 0 aromatic heterocycles. The molecule has 0 aliphatic rings. The molecule has 0 amide bonds. The lowest BCUT2D eigenvalue weighted by Gasteiger charge is -2.40. The number of nitrogens with zero attached hydrogens (tertiary/aromatic N) is 2. The average Bonchev–Trinajstić information content (AvgIpc) is 2.53. The fourth-order valence-corrected chi connectivity index (χ4v) is 4.55. The highest BCUT2D eigenvalue weighted by molar-refractivity contribution is 9.09. The molecule has 0 unspecified atom stereocenters. The summed E-state index contributed by atoms with van der Waals surface area (Å²) in [5.74, 6) is 0. The van der Waals surface area contributed by atoms with Crippen molar-refractivity contribution in [3.63, 3.8) is 0 Å². The zero-order chi connectivity index (χ0) is 19.3. The largest absolute Gasteiger partial charge is 0.414 e. The van der Waals surface area contributed by atoms with Crippen LogP contribution in [0.4, 0.5) is 0 Å². The highest BCUT2D eigenvalue weighted by Gasteiger charge is 2.39. The summed E-state index contributed by atoms with van der Waals surface area (Å²) in [5.41, 5.74) is 1.27. The van der Waals surface area contributed by atoms with Crippen LogP contribution >= 0.6 is 15.9 Å². The van der Waals surface area contributed by atoms with E-state index in [1.165, 1.54) is 5.56 Å². The molecule has 3 nitrogen and oxygen atoms in total. The molecule has 0 saturated carbocycles. The van der Waals surface area contributed by atoms with E-state index < -0.39 is 8.32 Å². The Labute approximate surface area is 163 Å². The standard InChI is InChI=1S/C20H33BrN2OSi/c1-16(23(5)15-22)13-18(24-25(6,7)20(2,3)4)14-19(21)17-11-9-8-10-12-17/h8-12,16,18-19H,13-14H2,1-7H3/t16-,18+,19+/m0/s1. The minimum Gasteiger partial charge on any atom is -0.414 e. The van der Waals surface area contributed by atoms with Crippen LogP contribution in [0.25, 0.3) is 0 Å². The molecular weight excluding hydrogens is 392 g/mol. The summed E-state index contributed by atoms with van der Waals surface area (Å²) in [7, 11) is -0.0257. The molecule has 1 aromatic rings. The zero-order valence-corrected chi connectivity index (χ0v) is 19.3. The maximum absolute atomic E-state index is 9.17. The van der Waals surface area contributed by atoms with E-state index in [0.29, 0.717) is 0 Å². The van der Waals surface area contributed by atoms with E-state index in [9.17, 15) is 5.26 Å². The first-order chi connectivity index (χ1) is 11.5. The third kappa shape index (κ3) is 6.77. The minimum absolute atomic E-state index is 0.122. The first kappa shape index (κ1) is 22.2. The van der Waals surface area contributed by atoms with Crippen LogP contribution in [0.5, 0.6) is 0 Å². The molecule has 1 aromatic carbocycles. The van der Waals surface area contributed by atoms with Gasteiger partial charge < -0.3 is 9.33 Å². The SMILES string of the molecule is C[C@@H](C[C@H](C[C@@H](Br)c1ccccc1)O[Si](C)(C)C(C)(C)C)N(C)C#N. The third-order valence-electron chi connectivity index (χ3n) is 5.32. The number of rotatable bonds is 8. The van der Waals surface area contributed by atoms with Gasteiger partial charge in [0.2, 0.25) is 0 Å². The molecule has 1 rings (SSSR count). The van der Waals surface area contributed by atoms with Crippen LogP contribution in [0, 0.1) is 11.5 Å². The molecule has 5 heteroatoms. The molecule has 0 spiro atoms. The fraction of sp³-hybridized carbons (Fsp3) is 0.650. The second kappa shape index (κ2) is 9.20. The summed E-state index contributed by atoms with van der Waals surface area (Å²) in [6, 6.07) is 10.6. The van der Waals surface area contributed by atoms with Crippen LogP contribution < -0.4 is 0 Å². The van der Waals surface area contributed by atoms with Gasteiger partial charge in [-0.2, -0.15) is 5.26 Å². The number of hydrogen-bond acceptors (Lipinski definition) is 3. The Bertz CT molecular complexity index is 565. The Morgan fingerprint density at radius 3 is 2.24 bits per heavy atom. The number of benzene rings is 1. The summed E-state index contributed by atoms with van der Waals surface area (Å²) >= 11 is 3.85. The Kier molecular flexibility index (Phi) is 8.18. The van der Waals surface area contributed by atoms with Crippen LogP contribution in [0.2, 0.25) is 18.1 Å². The normalized spacial score (nSPS) is 16.0. The Hall–Kier alpha value is -0.833.